The van der Waals surface area contributed by atoms with Gasteiger partial charge in [0, 0.05) is 10.9 Å². The molecule has 1 N–H and O–H groups in total. The molecule has 19 heavy (non-hydrogen) atoms. The molecule has 104 valence electrons. The van der Waals surface area contributed by atoms with Gasteiger partial charge in [-0.2, -0.15) is 0 Å². The van der Waals surface area contributed by atoms with Crippen LogP contribution in [0.2, 0.25) is 0 Å². The fraction of sp³-hybridized carbons (Fsp3) is 0.571. The third-order valence-electron chi connectivity index (χ3n) is 3.31. The lowest BCUT2D eigenvalue weighted by Gasteiger charge is -2.06. The van der Waals surface area contributed by atoms with Crippen LogP contribution in [-0.4, -0.2) is 24.5 Å². The average Bonchev–Trinajstić information content (AvgIpc) is 2.88. The summed E-state index contributed by atoms with van der Waals surface area (Å²) in [5.74, 6) is 0.240. The fourth-order valence-corrected chi connectivity index (χ4v) is 3.05. The van der Waals surface area contributed by atoms with Gasteiger partial charge in [0.2, 0.25) is 5.91 Å². The molecule has 0 radical (unpaired) electrons. The molecule has 4 nitrogen and oxygen atoms in total. The van der Waals surface area contributed by atoms with Gasteiger partial charge in [-0.25, -0.2) is 4.79 Å². The van der Waals surface area contributed by atoms with Crippen molar-refractivity contribution < 1.29 is 14.3 Å². The van der Waals surface area contributed by atoms with Crippen LogP contribution in [0, 0.1) is 12.8 Å². The summed E-state index contributed by atoms with van der Waals surface area (Å²) in [5.41, 5.74) is 1.44. The van der Waals surface area contributed by atoms with E-state index in [1.165, 1.54) is 11.3 Å². The fourth-order valence-electron chi connectivity index (χ4n) is 2.03. The van der Waals surface area contributed by atoms with Gasteiger partial charge in [-0.15, -0.1) is 11.3 Å². The first-order chi connectivity index (χ1) is 9.02. The first-order valence-corrected chi connectivity index (χ1v) is 7.44. The number of carbonyl (C=O) groups excluding carboxylic acids is 2. The summed E-state index contributed by atoms with van der Waals surface area (Å²) in [7, 11) is 0. The molecule has 0 aromatic carbocycles. The Kier molecular flexibility index (Phi) is 4.24. The van der Waals surface area contributed by atoms with Crippen molar-refractivity contribution in [3.63, 3.8) is 0 Å². The summed E-state index contributed by atoms with van der Waals surface area (Å²) in [6.45, 7) is 6.11. The molecule has 1 saturated carbocycles. The van der Waals surface area contributed by atoms with E-state index in [4.69, 9.17) is 4.74 Å². The van der Waals surface area contributed by atoms with E-state index in [1.807, 2.05) is 12.3 Å². The van der Waals surface area contributed by atoms with Crippen LogP contribution in [0.4, 0.5) is 0 Å². The lowest BCUT2D eigenvalue weighted by molar-refractivity contribution is -0.120. The number of thiophene rings is 1. The monoisotopic (exact) mass is 281 g/mol. The molecule has 2 unspecified atom stereocenters. The van der Waals surface area contributed by atoms with Gasteiger partial charge in [0.1, 0.15) is 0 Å². The largest absolute Gasteiger partial charge is 0.462 e. The van der Waals surface area contributed by atoms with Crippen molar-refractivity contribution in [2.75, 3.05) is 6.61 Å². The molecule has 1 heterocycles. The van der Waals surface area contributed by atoms with Crippen LogP contribution in [-0.2, 0) is 16.0 Å². The van der Waals surface area contributed by atoms with Gasteiger partial charge in [-0.1, -0.05) is 6.92 Å². The lowest BCUT2D eigenvalue weighted by Crippen LogP contribution is -2.28. The van der Waals surface area contributed by atoms with E-state index >= 15 is 0 Å². The Morgan fingerprint density at radius 3 is 2.79 bits per heavy atom. The van der Waals surface area contributed by atoms with Gasteiger partial charge in [-0.05, 0) is 37.1 Å². The molecule has 1 aliphatic rings. The van der Waals surface area contributed by atoms with Crippen LogP contribution in [0.1, 0.15) is 41.1 Å². The van der Waals surface area contributed by atoms with Gasteiger partial charge in [0.25, 0.3) is 0 Å². The number of hydrogen-bond donors (Lipinski definition) is 1. The van der Waals surface area contributed by atoms with Crippen molar-refractivity contribution in [2.45, 2.75) is 39.7 Å². The average molecular weight is 281 g/mol. The van der Waals surface area contributed by atoms with Gasteiger partial charge in [0.05, 0.1) is 18.6 Å². The first kappa shape index (κ1) is 14.1. The van der Waals surface area contributed by atoms with Gasteiger partial charge < -0.3 is 10.1 Å². The molecule has 0 saturated heterocycles. The Morgan fingerprint density at radius 1 is 1.53 bits per heavy atom. The van der Waals surface area contributed by atoms with Crippen LogP contribution in [0.3, 0.4) is 0 Å². The molecule has 2 rings (SSSR count). The second-order valence-corrected chi connectivity index (χ2v) is 5.97. The maximum Gasteiger partial charge on any atom is 0.339 e. The number of amides is 1. The minimum Gasteiger partial charge on any atom is -0.462 e. The summed E-state index contributed by atoms with van der Waals surface area (Å²) < 4.78 is 5.04. The van der Waals surface area contributed by atoms with E-state index in [9.17, 15) is 9.59 Å². The zero-order valence-electron chi connectivity index (χ0n) is 11.5. The molecule has 1 aromatic rings. The number of aryl methyl sites for hydroxylation is 1. The van der Waals surface area contributed by atoms with Crippen molar-refractivity contribution in [2.24, 2.45) is 5.92 Å². The topological polar surface area (TPSA) is 55.4 Å². The minimum atomic E-state index is -0.330. The van der Waals surface area contributed by atoms with E-state index in [2.05, 4.69) is 12.2 Å². The highest BCUT2D eigenvalue weighted by molar-refractivity contribution is 7.10. The molecule has 2 atom stereocenters. The van der Waals surface area contributed by atoms with E-state index in [1.54, 1.807) is 6.92 Å². The maximum absolute atomic E-state index is 11.9. The third kappa shape index (κ3) is 3.35. The van der Waals surface area contributed by atoms with Gasteiger partial charge >= 0.3 is 5.97 Å². The molecule has 1 aromatic heterocycles. The number of rotatable bonds is 5. The third-order valence-corrected chi connectivity index (χ3v) is 4.41. The van der Waals surface area contributed by atoms with Crippen molar-refractivity contribution >= 4 is 23.2 Å². The van der Waals surface area contributed by atoms with Crippen LogP contribution in [0.25, 0.3) is 0 Å². The molecule has 5 heteroatoms. The Bertz CT molecular complexity index is 495. The number of ether oxygens (including phenoxy) is 1. The second-order valence-electron chi connectivity index (χ2n) is 5.00. The van der Waals surface area contributed by atoms with Crippen LogP contribution < -0.4 is 5.32 Å². The normalized spacial score (nSPS) is 21.0. The predicted octanol–water partition coefficient (Wildman–Crippen LogP) is 2.30. The highest BCUT2D eigenvalue weighted by atomic mass is 32.1. The highest BCUT2D eigenvalue weighted by Crippen LogP contribution is 2.29. The van der Waals surface area contributed by atoms with E-state index in [0.717, 1.165) is 16.9 Å². The lowest BCUT2D eigenvalue weighted by atomic mass is 10.1. The minimum absolute atomic E-state index is 0.0123. The summed E-state index contributed by atoms with van der Waals surface area (Å²) >= 11 is 1.45. The van der Waals surface area contributed by atoms with Crippen LogP contribution >= 0.6 is 11.3 Å². The molecule has 0 spiro atoms. The van der Waals surface area contributed by atoms with E-state index in [0.29, 0.717) is 24.1 Å². The molecular weight excluding hydrogens is 262 g/mol. The quantitative estimate of drug-likeness (QED) is 0.843. The summed E-state index contributed by atoms with van der Waals surface area (Å²) in [6.07, 6.45) is 1.32. The molecule has 1 aliphatic carbocycles. The first-order valence-electron chi connectivity index (χ1n) is 6.56. The van der Waals surface area contributed by atoms with Crippen LogP contribution in [0.15, 0.2) is 5.38 Å². The van der Waals surface area contributed by atoms with Crippen molar-refractivity contribution in [1.82, 2.24) is 5.32 Å². The SMILES string of the molecule is CCOC(=O)c1c(C)csc1CC(=O)NC1CC1C. The van der Waals surface area contributed by atoms with Gasteiger partial charge in [0.15, 0.2) is 0 Å². The Hall–Kier alpha value is -1.36. The maximum atomic E-state index is 11.9. The smallest absolute Gasteiger partial charge is 0.339 e. The number of nitrogens with one attached hydrogen (secondary N) is 1. The Morgan fingerprint density at radius 2 is 2.21 bits per heavy atom. The second kappa shape index (κ2) is 5.74. The molecule has 0 aliphatic heterocycles. The standard InChI is InChI=1S/C14H19NO3S/c1-4-18-14(17)13-9(3)7-19-11(13)6-12(16)15-10-5-8(10)2/h7-8,10H,4-6H2,1-3H3,(H,15,16). The number of carbonyl (C=O) groups is 2. The molecule has 1 fully saturated rings. The Labute approximate surface area is 117 Å². The van der Waals surface area contributed by atoms with E-state index in [-0.39, 0.29) is 18.3 Å². The molecule has 1 amide bonds. The van der Waals surface area contributed by atoms with Gasteiger partial charge in [-0.3, -0.25) is 4.79 Å². The Balaban J connectivity index is 2.03. The summed E-state index contributed by atoms with van der Waals surface area (Å²) in [4.78, 5) is 24.6. The van der Waals surface area contributed by atoms with E-state index < -0.39 is 0 Å². The van der Waals surface area contributed by atoms with Crippen molar-refractivity contribution in [3.05, 3.63) is 21.4 Å². The van der Waals surface area contributed by atoms with Crippen LogP contribution in [0.5, 0.6) is 0 Å². The van der Waals surface area contributed by atoms with Crippen molar-refractivity contribution in [3.8, 4) is 0 Å². The molecule has 0 bridgehead atoms. The highest BCUT2D eigenvalue weighted by Gasteiger charge is 2.34. The predicted molar refractivity (Wildman–Crippen MR) is 74.4 cm³/mol. The molecular formula is C14H19NO3S. The zero-order valence-corrected chi connectivity index (χ0v) is 12.3. The van der Waals surface area contributed by atoms with Crippen molar-refractivity contribution in [1.29, 1.82) is 0 Å². The summed E-state index contributed by atoms with van der Waals surface area (Å²) in [6, 6.07) is 0.319. The zero-order chi connectivity index (χ0) is 14.0. The summed E-state index contributed by atoms with van der Waals surface area (Å²) in [5, 5.41) is 4.87. The number of esters is 1. The number of hydrogen-bond acceptors (Lipinski definition) is 4.